The molecule has 2 N–H and O–H groups in total. The molecular formula is C25H39N3O4. The largest absolute Gasteiger partial charge is 0.462 e. The molecule has 1 atom stereocenters. The van der Waals surface area contributed by atoms with Crippen LogP contribution in [-0.4, -0.2) is 53.4 Å². The first-order valence-electron chi connectivity index (χ1n) is 12.3. The lowest BCUT2D eigenvalue weighted by molar-refractivity contribution is -0.127. The number of likely N-dealkylation sites (tertiary alicyclic amines) is 1. The Morgan fingerprint density at radius 2 is 1.69 bits per heavy atom. The fraction of sp³-hybridized carbons (Fsp3) is 0.720. The Hall–Kier alpha value is -2.31. The van der Waals surface area contributed by atoms with Crippen LogP contribution in [0.3, 0.4) is 0 Å². The third-order valence-corrected chi connectivity index (χ3v) is 7.28. The molecule has 1 saturated carbocycles. The van der Waals surface area contributed by atoms with Gasteiger partial charge in [0.05, 0.1) is 12.2 Å². The molecule has 0 bridgehead atoms. The second kappa shape index (κ2) is 11.0. The standard InChI is InChI=1S/C25H39N3O4/c1-5-32-25(31)21-17(3)22(26-18(21)4)24(30)28-14-12-19(13-15-28)16(2)23(29)27-20-10-8-6-7-9-11-20/h16,19-20,26H,5-15H2,1-4H3,(H,27,29)/t16-/m0/s1. The minimum absolute atomic E-state index is 0.0413. The molecule has 3 rings (SSSR count). The summed E-state index contributed by atoms with van der Waals surface area (Å²) in [7, 11) is 0. The van der Waals surface area contributed by atoms with E-state index in [0.717, 1.165) is 25.7 Å². The molecule has 0 aromatic carbocycles. The molecule has 1 aliphatic heterocycles. The Kier molecular flexibility index (Phi) is 8.38. The molecular weight excluding hydrogens is 406 g/mol. The minimum atomic E-state index is -0.398. The first kappa shape index (κ1) is 24.3. The zero-order valence-corrected chi connectivity index (χ0v) is 20.1. The van der Waals surface area contributed by atoms with Gasteiger partial charge in [-0.2, -0.15) is 0 Å². The molecule has 1 saturated heterocycles. The van der Waals surface area contributed by atoms with Crippen molar-refractivity contribution in [1.29, 1.82) is 0 Å². The van der Waals surface area contributed by atoms with Crippen molar-refractivity contribution in [2.75, 3.05) is 19.7 Å². The Morgan fingerprint density at radius 3 is 2.28 bits per heavy atom. The number of nitrogens with zero attached hydrogens (tertiary/aromatic N) is 1. The van der Waals surface area contributed by atoms with E-state index in [1.54, 1.807) is 20.8 Å². The van der Waals surface area contributed by atoms with Gasteiger partial charge in [-0.1, -0.05) is 32.6 Å². The highest BCUT2D eigenvalue weighted by atomic mass is 16.5. The van der Waals surface area contributed by atoms with Crippen molar-refractivity contribution < 1.29 is 19.1 Å². The predicted molar refractivity (Wildman–Crippen MR) is 124 cm³/mol. The maximum Gasteiger partial charge on any atom is 0.340 e. The number of carbonyl (C=O) groups excluding carboxylic acids is 3. The maximum atomic E-state index is 13.1. The number of piperidine rings is 1. The van der Waals surface area contributed by atoms with Gasteiger partial charge in [0.25, 0.3) is 5.91 Å². The molecule has 1 aromatic rings. The van der Waals surface area contributed by atoms with Crippen molar-refractivity contribution in [1.82, 2.24) is 15.2 Å². The number of ether oxygens (including phenoxy) is 1. The summed E-state index contributed by atoms with van der Waals surface area (Å²) in [4.78, 5) is 43.1. The number of amides is 2. The number of rotatable bonds is 6. The second-order valence-electron chi connectivity index (χ2n) is 9.46. The van der Waals surface area contributed by atoms with Gasteiger partial charge in [0, 0.05) is 30.7 Å². The molecule has 32 heavy (non-hydrogen) atoms. The van der Waals surface area contributed by atoms with Crippen molar-refractivity contribution in [2.24, 2.45) is 11.8 Å². The van der Waals surface area contributed by atoms with E-state index in [-0.39, 0.29) is 23.7 Å². The van der Waals surface area contributed by atoms with Crippen LogP contribution in [0.25, 0.3) is 0 Å². The van der Waals surface area contributed by atoms with Crippen molar-refractivity contribution in [2.45, 2.75) is 85.1 Å². The second-order valence-corrected chi connectivity index (χ2v) is 9.46. The zero-order valence-electron chi connectivity index (χ0n) is 20.1. The van der Waals surface area contributed by atoms with Crippen molar-refractivity contribution in [3.05, 3.63) is 22.5 Å². The summed E-state index contributed by atoms with van der Waals surface area (Å²) in [6, 6.07) is 0.321. The van der Waals surface area contributed by atoms with Gasteiger partial charge in [0.1, 0.15) is 5.69 Å². The van der Waals surface area contributed by atoms with Gasteiger partial charge in [0.15, 0.2) is 0 Å². The summed E-state index contributed by atoms with van der Waals surface area (Å²) >= 11 is 0. The number of aryl methyl sites for hydroxylation is 1. The first-order valence-corrected chi connectivity index (χ1v) is 12.3. The normalized spacial score (nSPS) is 19.3. The zero-order chi connectivity index (χ0) is 23.3. The van der Waals surface area contributed by atoms with Gasteiger partial charge in [0.2, 0.25) is 5.91 Å². The van der Waals surface area contributed by atoms with E-state index >= 15 is 0 Å². The molecule has 7 nitrogen and oxygen atoms in total. The summed E-state index contributed by atoms with van der Waals surface area (Å²) in [5, 5.41) is 3.28. The van der Waals surface area contributed by atoms with E-state index in [0.29, 0.717) is 48.3 Å². The van der Waals surface area contributed by atoms with E-state index < -0.39 is 5.97 Å². The van der Waals surface area contributed by atoms with E-state index in [2.05, 4.69) is 10.3 Å². The van der Waals surface area contributed by atoms with Crippen molar-refractivity contribution >= 4 is 17.8 Å². The lowest BCUT2D eigenvalue weighted by Crippen LogP contribution is -2.44. The molecule has 7 heteroatoms. The third kappa shape index (κ3) is 5.54. The monoisotopic (exact) mass is 445 g/mol. The lowest BCUT2D eigenvalue weighted by atomic mass is 9.84. The summed E-state index contributed by atoms with van der Waals surface area (Å²) in [6.45, 7) is 8.91. The van der Waals surface area contributed by atoms with Crippen LogP contribution in [0.15, 0.2) is 0 Å². The quantitative estimate of drug-likeness (QED) is 0.509. The van der Waals surface area contributed by atoms with Crippen molar-refractivity contribution in [3.8, 4) is 0 Å². The SMILES string of the molecule is CCOC(=O)c1c(C)[nH]c(C(=O)N2CCC([C@H](C)C(=O)NC3CCCCCC3)CC2)c1C. The molecule has 2 amide bonds. The molecule has 2 heterocycles. The maximum absolute atomic E-state index is 13.1. The predicted octanol–water partition coefficient (Wildman–Crippen LogP) is 4.14. The highest BCUT2D eigenvalue weighted by Gasteiger charge is 2.32. The highest BCUT2D eigenvalue weighted by Crippen LogP contribution is 2.28. The summed E-state index contributed by atoms with van der Waals surface area (Å²) in [5.74, 6) is -0.0800. The molecule has 2 aliphatic rings. The van der Waals surface area contributed by atoms with Crippen LogP contribution < -0.4 is 5.32 Å². The van der Waals surface area contributed by atoms with Crippen LogP contribution in [0.2, 0.25) is 0 Å². The Labute approximate surface area is 191 Å². The van der Waals surface area contributed by atoms with Crippen LogP contribution in [0.5, 0.6) is 0 Å². The van der Waals surface area contributed by atoms with Crippen LogP contribution in [0, 0.1) is 25.7 Å². The van der Waals surface area contributed by atoms with E-state index in [1.807, 2.05) is 11.8 Å². The van der Waals surface area contributed by atoms with Gasteiger partial charge in [-0.3, -0.25) is 9.59 Å². The number of carbonyl (C=O) groups is 3. The topological polar surface area (TPSA) is 91.5 Å². The van der Waals surface area contributed by atoms with Gasteiger partial charge < -0.3 is 19.9 Å². The fourth-order valence-electron chi connectivity index (χ4n) is 5.20. The Morgan fingerprint density at radius 1 is 1.06 bits per heavy atom. The number of esters is 1. The van der Waals surface area contributed by atoms with Crippen LogP contribution in [0.4, 0.5) is 0 Å². The third-order valence-electron chi connectivity index (χ3n) is 7.28. The summed E-state index contributed by atoms with van der Waals surface area (Å²) in [5.41, 5.74) is 2.21. The molecule has 1 aliphatic carbocycles. The van der Waals surface area contributed by atoms with E-state index in [9.17, 15) is 14.4 Å². The van der Waals surface area contributed by atoms with Gasteiger partial charge in [-0.05, 0) is 57.9 Å². The molecule has 2 fully saturated rings. The average Bonchev–Trinajstić information content (AvgIpc) is 2.93. The molecule has 1 aromatic heterocycles. The fourth-order valence-corrected chi connectivity index (χ4v) is 5.20. The molecule has 0 radical (unpaired) electrons. The van der Waals surface area contributed by atoms with E-state index in [1.165, 1.54) is 25.7 Å². The van der Waals surface area contributed by atoms with Crippen LogP contribution >= 0.6 is 0 Å². The van der Waals surface area contributed by atoms with Crippen LogP contribution in [-0.2, 0) is 9.53 Å². The summed E-state index contributed by atoms with van der Waals surface area (Å²) < 4.78 is 5.13. The highest BCUT2D eigenvalue weighted by molar-refractivity contribution is 6.00. The number of H-pyrrole nitrogens is 1. The first-order chi connectivity index (χ1) is 15.3. The van der Waals surface area contributed by atoms with Gasteiger partial charge >= 0.3 is 5.97 Å². The van der Waals surface area contributed by atoms with E-state index in [4.69, 9.17) is 4.74 Å². The number of aromatic nitrogens is 1. The number of aromatic amines is 1. The van der Waals surface area contributed by atoms with Gasteiger partial charge in [-0.15, -0.1) is 0 Å². The van der Waals surface area contributed by atoms with Gasteiger partial charge in [-0.25, -0.2) is 4.79 Å². The van der Waals surface area contributed by atoms with Crippen molar-refractivity contribution in [3.63, 3.8) is 0 Å². The number of nitrogens with one attached hydrogen (secondary N) is 2. The lowest BCUT2D eigenvalue weighted by Gasteiger charge is -2.35. The Balaban J connectivity index is 1.56. The molecule has 0 spiro atoms. The molecule has 178 valence electrons. The number of hydrogen-bond donors (Lipinski definition) is 2. The minimum Gasteiger partial charge on any atom is -0.462 e. The number of hydrogen-bond acceptors (Lipinski definition) is 4. The Bertz CT molecular complexity index is 815. The average molecular weight is 446 g/mol. The molecule has 0 unspecified atom stereocenters. The summed E-state index contributed by atoms with van der Waals surface area (Å²) in [6.07, 6.45) is 8.76. The van der Waals surface area contributed by atoms with Crippen LogP contribution in [0.1, 0.15) is 97.3 Å². The smallest absolute Gasteiger partial charge is 0.340 e.